The second-order valence-corrected chi connectivity index (χ2v) is 6.99. The Morgan fingerprint density at radius 2 is 2.05 bits per heavy atom. The van der Waals surface area contributed by atoms with Crippen molar-refractivity contribution in [1.82, 2.24) is 9.47 Å². The highest BCUT2D eigenvalue weighted by atomic mass is 32.2. The summed E-state index contributed by atoms with van der Waals surface area (Å²) in [5.41, 5.74) is 0.795. The van der Waals surface area contributed by atoms with Gasteiger partial charge >= 0.3 is 5.97 Å². The van der Waals surface area contributed by atoms with Crippen LogP contribution in [-0.2, 0) is 4.79 Å². The Labute approximate surface area is 130 Å². The number of hydrogen-bond acceptors (Lipinski definition) is 4. The highest BCUT2D eigenvalue weighted by Gasteiger charge is 2.40. The van der Waals surface area contributed by atoms with Crippen molar-refractivity contribution in [2.75, 3.05) is 5.75 Å². The van der Waals surface area contributed by atoms with Crippen molar-refractivity contribution in [3.8, 4) is 5.69 Å². The fourth-order valence-corrected chi connectivity index (χ4v) is 4.42. The van der Waals surface area contributed by atoms with E-state index >= 15 is 0 Å². The van der Waals surface area contributed by atoms with Crippen LogP contribution in [0.25, 0.3) is 5.69 Å². The van der Waals surface area contributed by atoms with E-state index in [1.807, 2.05) is 47.5 Å². The third-order valence-electron chi connectivity index (χ3n) is 3.46. The van der Waals surface area contributed by atoms with Crippen molar-refractivity contribution < 1.29 is 14.7 Å². The average Bonchev–Trinajstić information content (AvgIpc) is 3.17. The van der Waals surface area contributed by atoms with Gasteiger partial charge in [0.2, 0.25) is 0 Å². The Balaban J connectivity index is 1.96. The zero-order chi connectivity index (χ0) is 15.0. The molecule has 3 heterocycles. The molecule has 0 bridgehead atoms. The molecule has 0 aromatic carbocycles. The van der Waals surface area contributed by atoms with E-state index < -0.39 is 12.0 Å². The summed E-state index contributed by atoms with van der Waals surface area (Å²) < 4.78 is 1.87. The summed E-state index contributed by atoms with van der Waals surface area (Å²) in [6.07, 6.45) is 3.74. The summed E-state index contributed by atoms with van der Waals surface area (Å²) in [6.45, 7) is 1.87. The van der Waals surface area contributed by atoms with Gasteiger partial charge in [-0.1, -0.05) is 0 Å². The SMILES string of the molecule is CC1SCC(C(=O)O)N1C(=O)c1sccc1-n1cccc1. The lowest BCUT2D eigenvalue weighted by Gasteiger charge is -2.25. The highest BCUT2D eigenvalue weighted by Crippen LogP contribution is 2.33. The second kappa shape index (κ2) is 5.57. The molecule has 0 aliphatic carbocycles. The normalized spacial score (nSPS) is 21.7. The largest absolute Gasteiger partial charge is 0.480 e. The number of aliphatic carboxylic acids is 1. The molecule has 0 radical (unpaired) electrons. The lowest BCUT2D eigenvalue weighted by Crippen LogP contribution is -2.44. The molecule has 1 fully saturated rings. The molecule has 0 spiro atoms. The molecular weight excluding hydrogens is 308 g/mol. The van der Waals surface area contributed by atoms with Gasteiger partial charge in [0.15, 0.2) is 0 Å². The average molecular weight is 322 g/mol. The Hall–Kier alpha value is -1.73. The molecule has 1 N–H and O–H groups in total. The molecule has 0 saturated carbocycles. The molecule has 1 aliphatic rings. The van der Waals surface area contributed by atoms with Crippen molar-refractivity contribution in [3.05, 3.63) is 40.8 Å². The van der Waals surface area contributed by atoms with Gasteiger partial charge in [-0.15, -0.1) is 23.1 Å². The third-order valence-corrected chi connectivity index (χ3v) is 5.57. The number of carbonyl (C=O) groups is 2. The number of amides is 1. The maximum atomic E-state index is 12.8. The van der Waals surface area contributed by atoms with Crippen molar-refractivity contribution in [1.29, 1.82) is 0 Å². The molecule has 7 heteroatoms. The van der Waals surface area contributed by atoms with Crippen LogP contribution in [-0.4, -0.2) is 43.6 Å². The van der Waals surface area contributed by atoms with Crippen LogP contribution in [0.1, 0.15) is 16.6 Å². The van der Waals surface area contributed by atoms with Crippen molar-refractivity contribution in [2.45, 2.75) is 18.3 Å². The van der Waals surface area contributed by atoms with Crippen LogP contribution >= 0.6 is 23.1 Å². The standard InChI is InChI=1S/C14H14N2O3S2/c1-9-16(11(8-21-9)14(18)19)13(17)12-10(4-7-20-12)15-5-2-3-6-15/h2-7,9,11H,8H2,1H3,(H,18,19). The Kier molecular flexibility index (Phi) is 3.77. The van der Waals surface area contributed by atoms with Crippen LogP contribution in [0.2, 0.25) is 0 Å². The molecule has 2 atom stereocenters. The zero-order valence-corrected chi connectivity index (χ0v) is 12.9. The molecule has 3 rings (SSSR count). The number of nitrogens with zero attached hydrogens (tertiary/aromatic N) is 2. The minimum atomic E-state index is -0.945. The fraction of sp³-hybridized carbons (Fsp3) is 0.286. The van der Waals surface area contributed by atoms with Crippen LogP contribution in [0.5, 0.6) is 0 Å². The molecule has 21 heavy (non-hydrogen) atoms. The van der Waals surface area contributed by atoms with E-state index in [1.54, 1.807) is 0 Å². The minimum Gasteiger partial charge on any atom is -0.480 e. The quantitative estimate of drug-likeness (QED) is 0.943. The first-order valence-corrected chi connectivity index (χ1v) is 8.40. The van der Waals surface area contributed by atoms with Gasteiger partial charge in [-0.2, -0.15) is 0 Å². The maximum Gasteiger partial charge on any atom is 0.327 e. The Morgan fingerprint density at radius 1 is 1.33 bits per heavy atom. The molecule has 2 aromatic rings. The summed E-state index contributed by atoms with van der Waals surface area (Å²) in [5.74, 6) is -0.718. The summed E-state index contributed by atoms with van der Waals surface area (Å²) in [6, 6.07) is 4.90. The van der Waals surface area contributed by atoms with Gasteiger partial charge in [-0.3, -0.25) is 4.79 Å². The van der Waals surface area contributed by atoms with Crippen molar-refractivity contribution in [3.63, 3.8) is 0 Å². The monoisotopic (exact) mass is 322 g/mol. The fourth-order valence-electron chi connectivity index (χ4n) is 2.42. The van der Waals surface area contributed by atoms with Crippen LogP contribution in [0.4, 0.5) is 0 Å². The van der Waals surface area contributed by atoms with E-state index in [1.165, 1.54) is 28.0 Å². The van der Waals surface area contributed by atoms with Gasteiger partial charge in [0.05, 0.1) is 11.1 Å². The number of rotatable bonds is 3. The number of hydrogen-bond donors (Lipinski definition) is 1. The first-order chi connectivity index (χ1) is 10.1. The molecular formula is C14H14N2O3S2. The van der Waals surface area contributed by atoms with E-state index in [4.69, 9.17) is 0 Å². The summed E-state index contributed by atoms with van der Waals surface area (Å²) in [5, 5.41) is 11.0. The lowest BCUT2D eigenvalue weighted by molar-refractivity contribution is -0.141. The van der Waals surface area contributed by atoms with Crippen LogP contribution < -0.4 is 0 Å². The number of carboxylic acid groups (broad SMARTS) is 1. The number of aromatic nitrogens is 1. The van der Waals surface area contributed by atoms with Gasteiger partial charge in [-0.25, -0.2) is 4.79 Å². The van der Waals surface area contributed by atoms with Crippen LogP contribution in [0, 0.1) is 0 Å². The van der Waals surface area contributed by atoms with E-state index in [0.29, 0.717) is 10.6 Å². The Morgan fingerprint density at radius 3 is 2.71 bits per heavy atom. The lowest BCUT2D eigenvalue weighted by atomic mass is 10.2. The molecule has 110 valence electrons. The maximum absolute atomic E-state index is 12.8. The summed E-state index contributed by atoms with van der Waals surface area (Å²) >= 11 is 2.84. The molecule has 2 aromatic heterocycles. The zero-order valence-electron chi connectivity index (χ0n) is 11.3. The molecule has 1 amide bonds. The highest BCUT2D eigenvalue weighted by molar-refractivity contribution is 8.00. The van der Waals surface area contributed by atoms with Gasteiger partial charge < -0.3 is 14.6 Å². The summed E-state index contributed by atoms with van der Waals surface area (Å²) in [7, 11) is 0. The molecule has 2 unspecified atom stereocenters. The predicted octanol–water partition coefficient (Wildman–Crippen LogP) is 2.53. The third kappa shape index (κ3) is 2.47. The van der Waals surface area contributed by atoms with E-state index in [2.05, 4.69) is 0 Å². The number of thioether (sulfide) groups is 1. The van der Waals surface area contributed by atoms with Crippen molar-refractivity contribution in [2.24, 2.45) is 0 Å². The second-order valence-electron chi connectivity index (χ2n) is 4.72. The van der Waals surface area contributed by atoms with Gasteiger partial charge in [0.25, 0.3) is 5.91 Å². The first kappa shape index (κ1) is 14.2. The topological polar surface area (TPSA) is 62.5 Å². The van der Waals surface area contributed by atoms with Gasteiger partial charge in [-0.05, 0) is 30.5 Å². The number of carbonyl (C=O) groups excluding carboxylic acids is 1. The van der Waals surface area contributed by atoms with Crippen molar-refractivity contribution >= 4 is 35.0 Å². The van der Waals surface area contributed by atoms with Gasteiger partial charge in [0, 0.05) is 18.1 Å². The Bertz CT molecular complexity index is 666. The molecule has 5 nitrogen and oxygen atoms in total. The number of thiophene rings is 1. The van der Waals surface area contributed by atoms with Gasteiger partial charge in [0.1, 0.15) is 10.9 Å². The smallest absolute Gasteiger partial charge is 0.327 e. The minimum absolute atomic E-state index is 0.127. The van der Waals surface area contributed by atoms with Crippen LogP contribution in [0.3, 0.4) is 0 Å². The van der Waals surface area contributed by atoms with E-state index in [-0.39, 0.29) is 11.3 Å². The van der Waals surface area contributed by atoms with E-state index in [0.717, 1.165) is 5.69 Å². The predicted molar refractivity (Wildman–Crippen MR) is 83.2 cm³/mol. The van der Waals surface area contributed by atoms with Crippen LogP contribution in [0.15, 0.2) is 36.0 Å². The number of carboxylic acids is 1. The summed E-state index contributed by atoms with van der Waals surface area (Å²) in [4.78, 5) is 26.2. The first-order valence-electron chi connectivity index (χ1n) is 6.47. The molecule has 1 aliphatic heterocycles. The van der Waals surface area contributed by atoms with E-state index in [9.17, 15) is 14.7 Å². The molecule has 1 saturated heterocycles.